The summed E-state index contributed by atoms with van der Waals surface area (Å²) in [6.07, 6.45) is -0.130. The molecule has 0 aliphatic rings. The fraction of sp³-hybridized carbons (Fsp3) is 0.0833. The summed E-state index contributed by atoms with van der Waals surface area (Å²) in [7, 11) is 0. The van der Waals surface area contributed by atoms with Crippen LogP contribution in [0.3, 0.4) is 0 Å². The lowest BCUT2D eigenvalue weighted by Gasteiger charge is -2.02. The van der Waals surface area contributed by atoms with E-state index >= 15 is 0 Å². The van der Waals surface area contributed by atoms with E-state index in [1.54, 1.807) is 36.8 Å². The molecule has 0 atom stereocenters. The predicted molar refractivity (Wildman–Crippen MR) is 70.6 cm³/mol. The lowest BCUT2D eigenvalue weighted by molar-refractivity contribution is -0.192. The second kappa shape index (κ2) is 6.89. The molecule has 0 saturated carbocycles. The molecular weight excluding hydrogens is 311 g/mol. The van der Waals surface area contributed by atoms with E-state index in [-0.39, 0.29) is 0 Å². The Morgan fingerprint density at radius 2 is 1.95 bits per heavy atom. The van der Waals surface area contributed by atoms with Crippen molar-refractivity contribution in [2.24, 2.45) is 0 Å². The highest BCUT2D eigenvalue weighted by molar-refractivity contribution is 6.33. The van der Waals surface area contributed by atoms with Crippen LogP contribution in [-0.2, 0) is 4.79 Å². The van der Waals surface area contributed by atoms with Crippen LogP contribution in [-0.4, -0.2) is 27.2 Å². The number of hydrogen-bond donors (Lipinski definition) is 2. The number of halogens is 4. The van der Waals surface area contributed by atoms with Crippen LogP contribution < -0.4 is 5.73 Å². The number of nitrogen functional groups attached to an aromatic ring is 1. The van der Waals surface area contributed by atoms with Crippen molar-refractivity contribution in [3.8, 4) is 11.3 Å². The lowest BCUT2D eigenvalue weighted by atomic mass is 10.2. The monoisotopic (exact) mass is 319 g/mol. The third kappa shape index (κ3) is 5.27. The lowest BCUT2D eigenvalue weighted by Crippen LogP contribution is -2.21. The first-order valence-electron chi connectivity index (χ1n) is 5.33. The first-order chi connectivity index (χ1) is 9.71. The van der Waals surface area contributed by atoms with E-state index in [1.165, 1.54) is 0 Å². The molecule has 112 valence electrons. The summed E-state index contributed by atoms with van der Waals surface area (Å²) >= 11 is 5.98. The van der Waals surface area contributed by atoms with Crippen molar-refractivity contribution in [1.82, 2.24) is 9.97 Å². The van der Waals surface area contributed by atoms with Gasteiger partial charge >= 0.3 is 12.1 Å². The van der Waals surface area contributed by atoms with Gasteiger partial charge in [0.2, 0.25) is 0 Å². The summed E-state index contributed by atoms with van der Waals surface area (Å²) in [6.45, 7) is 0. The Balaban J connectivity index is 0.000000270. The Bertz CT molecular complexity index is 635. The van der Waals surface area contributed by atoms with Gasteiger partial charge in [0.05, 0.1) is 16.4 Å². The molecule has 0 aromatic carbocycles. The van der Waals surface area contributed by atoms with Gasteiger partial charge in [0.15, 0.2) is 0 Å². The number of aromatic nitrogens is 2. The number of anilines is 1. The average molecular weight is 320 g/mol. The van der Waals surface area contributed by atoms with Crippen molar-refractivity contribution in [3.05, 3.63) is 41.8 Å². The van der Waals surface area contributed by atoms with Crippen molar-refractivity contribution in [3.63, 3.8) is 0 Å². The molecule has 2 heterocycles. The highest BCUT2D eigenvalue weighted by Gasteiger charge is 2.38. The Morgan fingerprint density at radius 1 is 1.33 bits per heavy atom. The summed E-state index contributed by atoms with van der Waals surface area (Å²) in [5.41, 5.74) is 7.75. The standard InChI is InChI=1S/C10H8ClN3.C2HF3O2/c11-9-2-1-3-14-10(9)7-4-8(12)6-13-5-7;3-2(4,5)1(6)7/h1-6H,12H2;(H,6,7). The first-order valence-corrected chi connectivity index (χ1v) is 5.71. The molecule has 2 rings (SSSR count). The summed E-state index contributed by atoms with van der Waals surface area (Å²) < 4.78 is 31.7. The van der Waals surface area contributed by atoms with Gasteiger partial charge in [-0.15, -0.1) is 0 Å². The molecule has 0 aliphatic carbocycles. The van der Waals surface area contributed by atoms with Crippen LogP contribution in [0.15, 0.2) is 36.8 Å². The zero-order valence-electron chi connectivity index (χ0n) is 10.3. The van der Waals surface area contributed by atoms with E-state index in [4.69, 9.17) is 27.2 Å². The van der Waals surface area contributed by atoms with Gasteiger partial charge in [0.1, 0.15) is 0 Å². The molecule has 2 aromatic heterocycles. The molecular formula is C12H9ClF3N3O2. The Labute approximate surface area is 122 Å². The van der Waals surface area contributed by atoms with Gasteiger partial charge in [-0.25, -0.2) is 4.79 Å². The van der Waals surface area contributed by atoms with Crippen LogP contribution in [0, 0.1) is 0 Å². The Morgan fingerprint density at radius 3 is 2.43 bits per heavy atom. The van der Waals surface area contributed by atoms with Gasteiger partial charge in [0.25, 0.3) is 0 Å². The quantitative estimate of drug-likeness (QED) is 0.843. The van der Waals surface area contributed by atoms with Crippen molar-refractivity contribution in [1.29, 1.82) is 0 Å². The average Bonchev–Trinajstić information content (AvgIpc) is 2.39. The fourth-order valence-corrected chi connectivity index (χ4v) is 1.42. The van der Waals surface area contributed by atoms with Crippen molar-refractivity contribution in [2.45, 2.75) is 6.18 Å². The maximum atomic E-state index is 10.6. The number of nitrogens with two attached hydrogens (primary N) is 1. The molecule has 0 spiro atoms. The zero-order valence-corrected chi connectivity index (χ0v) is 11.1. The van der Waals surface area contributed by atoms with Gasteiger partial charge < -0.3 is 10.8 Å². The molecule has 2 aromatic rings. The fourth-order valence-electron chi connectivity index (χ4n) is 1.19. The van der Waals surface area contributed by atoms with Crippen LogP contribution >= 0.6 is 11.6 Å². The summed E-state index contributed by atoms with van der Waals surface area (Å²) in [5, 5.41) is 7.72. The minimum Gasteiger partial charge on any atom is -0.475 e. The van der Waals surface area contributed by atoms with E-state index in [1.807, 2.05) is 0 Å². The maximum absolute atomic E-state index is 10.6. The number of carbonyl (C=O) groups is 1. The Hall–Kier alpha value is -2.35. The van der Waals surface area contributed by atoms with Gasteiger partial charge in [-0.05, 0) is 18.2 Å². The van der Waals surface area contributed by atoms with E-state index in [0.717, 1.165) is 5.56 Å². The SMILES string of the molecule is Nc1cncc(-c2ncccc2Cl)c1.O=C(O)C(F)(F)F. The van der Waals surface area contributed by atoms with E-state index in [0.29, 0.717) is 16.4 Å². The highest BCUT2D eigenvalue weighted by Crippen LogP contribution is 2.25. The smallest absolute Gasteiger partial charge is 0.475 e. The summed E-state index contributed by atoms with van der Waals surface area (Å²) in [5.74, 6) is -2.76. The molecule has 3 N–H and O–H groups in total. The van der Waals surface area contributed by atoms with Gasteiger partial charge in [-0.1, -0.05) is 11.6 Å². The Kier molecular flexibility index (Phi) is 5.48. The third-order valence-electron chi connectivity index (χ3n) is 2.03. The zero-order chi connectivity index (χ0) is 16.0. The summed E-state index contributed by atoms with van der Waals surface area (Å²) in [4.78, 5) is 17.0. The molecule has 9 heteroatoms. The number of nitrogens with zero attached hydrogens (tertiary/aromatic N) is 2. The van der Waals surface area contributed by atoms with Crippen LogP contribution in [0.1, 0.15) is 0 Å². The molecule has 0 saturated heterocycles. The molecule has 21 heavy (non-hydrogen) atoms. The number of aliphatic carboxylic acids is 1. The van der Waals surface area contributed by atoms with Crippen LogP contribution in [0.2, 0.25) is 5.02 Å². The molecule has 0 aliphatic heterocycles. The largest absolute Gasteiger partial charge is 0.490 e. The number of carboxylic acids is 1. The van der Waals surface area contributed by atoms with Crippen LogP contribution in [0.4, 0.5) is 18.9 Å². The molecule has 0 amide bonds. The number of pyridine rings is 2. The molecule has 0 bridgehead atoms. The van der Waals surface area contributed by atoms with Crippen LogP contribution in [0.25, 0.3) is 11.3 Å². The molecule has 0 unspecified atom stereocenters. The number of rotatable bonds is 1. The van der Waals surface area contributed by atoms with Crippen molar-refractivity contribution in [2.75, 3.05) is 5.73 Å². The minimum atomic E-state index is -5.08. The maximum Gasteiger partial charge on any atom is 0.490 e. The molecule has 0 fully saturated rings. The van der Waals surface area contributed by atoms with Gasteiger partial charge in [0, 0.05) is 24.2 Å². The topological polar surface area (TPSA) is 89.1 Å². The second-order valence-electron chi connectivity index (χ2n) is 3.64. The number of carboxylic acid groups (broad SMARTS) is 1. The normalized spacial score (nSPS) is 10.5. The summed E-state index contributed by atoms with van der Waals surface area (Å²) in [6, 6.07) is 5.36. The predicted octanol–water partition coefficient (Wildman–Crippen LogP) is 3.01. The van der Waals surface area contributed by atoms with Gasteiger partial charge in [-0.2, -0.15) is 13.2 Å². The van der Waals surface area contributed by atoms with Crippen molar-refractivity contribution >= 4 is 23.3 Å². The first kappa shape index (κ1) is 16.7. The third-order valence-corrected chi connectivity index (χ3v) is 2.34. The number of alkyl halides is 3. The van der Waals surface area contributed by atoms with E-state index in [9.17, 15) is 13.2 Å². The highest BCUT2D eigenvalue weighted by atomic mass is 35.5. The van der Waals surface area contributed by atoms with Crippen LogP contribution in [0.5, 0.6) is 0 Å². The minimum absolute atomic E-state index is 0.597. The van der Waals surface area contributed by atoms with E-state index in [2.05, 4.69) is 9.97 Å². The second-order valence-corrected chi connectivity index (χ2v) is 4.05. The molecule has 0 radical (unpaired) electrons. The van der Waals surface area contributed by atoms with Crippen molar-refractivity contribution < 1.29 is 23.1 Å². The van der Waals surface area contributed by atoms with Gasteiger partial charge in [-0.3, -0.25) is 9.97 Å². The number of hydrogen-bond acceptors (Lipinski definition) is 4. The van der Waals surface area contributed by atoms with E-state index < -0.39 is 12.1 Å². The molecule has 5 nitrogen and oxygen atoms in total.